The van der Waals surface area contributed by atoms with Crippen molar-refractivity contribution < 1.29 is 4.74 Å². The minimum Gasteiger partial charge on any atom is -0.494 e. The second-order valence-electron chi connectivity index (χ2n) is 3.15. The van der Waals surface area contributed by atoms with Crippen molar-refractivity contribution in [3.63, 3.8) is 0 Å². The molecule has 0 radical (unpaired) electrons. The Morgan fingerprint density at radius 1 is 1.33 bits per heavy atom. The van der Waals surface area contributed by atoms with Crippen molar-refractivity contribution in [2.75, 3.05) is 19.7 Å². The van der Waals surface area contributed by atoms with Crippen LogP contribution in [0, 0.1) is 0 Å². The molecule has 0 heterocycles. The number of ether oxygens (including phenoxy) is 1. The molecule has 0 bridgehead atoms. The molecule has 0 aliphatic rings. The first-order valence-corrected chi connectivity index (χ1v) is 5.40. The Hall–Kier alpha value is -0.990. The summed E-state index contributed by atoms with van der Waals surface area (Å²) < 4.78 is 5.52. The van der Waals surface area contributed by atoms with E-state index in [2.05, 4.69) is 11.9 Å². The molecule has 0 atom stereocenters. The van der Waals surface area contributed by atoms with Crippen molar-refractivity contribution >= 4 is 11.6 Å². The fourth-order valence-corrected chi connectivity index (χ4v) is 1.25. The van der Waals surface area contributed by atoms with Crippen molar-refractivity contribution in [1.29, 1.82) is 0 Å². The van der Waals surface area contributed by atoms with Crippen molar-refractivity contribution in [2.24, 2.45) is 0 Å². The Morgan fingerprint density at radius 3 is 2.73 bits per heavy atom. The van der Waals surface area contributed by atoms with Gasteiger partial charge in [-0.25, -0.2) is 0 Å². The molecule has 1 rings (SSSR count). The number of hydrogen-bond acceptors (Lipinski definition) is 2. The molecule has 1 aromatic rings. The van der Waals surface area contributed by atoms with E-state index in [1.165, 1.54) is 0 Å². The van der Waals surface area contributed by atoms with Crippen LogP contribution >= 0.6 is 11.6 Å². The van der Waals surface area contributed by atoms with Gasteiger partial charge in [0.15, 0.2) is 0 Å². The van der Waals surface area contributed by atoms with Gasteiger partial charge in [-0.15, -0.1) is 6.58 Å². The zero-order valence-electron chi connectivity index (χ0n) is 8.71. The molecule has 0 saturated heterocycles. The zero-order valence-corrected chi connectivity index (χ0v) is 9.46. The van der Waals surface area contributed by atoms with E-state index in [0.717, 1.165) is 30.3 Å². The van der Waals surface area contributed by atoms with Gasteiger partial charge in [0.25, 0.3) is 0 Å². The van der Waals surface area contributed by atoms with Crippen LogP contribution in [0.5, 0.6) is 5.75 Å². The normalized spacial score (nSPS) is 9.93. The Kier molecular flexibility index (Phi) is 5.90. The summed E-state index contributed by atoms with van der Waals surface area (Å²) in [6.45, 7) is 6.13. The number of rotatable bonds is 7. The minimum atomic E-state index is 0.714. The summed E-state index contributed by atoms with van der Waals surface area (Å²) in [5.41, 5.74) is 0. The lowest BCUT2D eigenvalue weighted by Crippen LogP contribution is -2.17. The molecule has 0 fully saturated rings. The van der Waals surface area contributed by atoms with Crippen molar-refractivity contribution in [3.8, 4) is 5.75 Å². The molecular formula is C12H16ClNO. The van der Waals surface area contributed by atoms with Gasteiger partial charge in [-0.05, 0) is 37.2 Å². The van der Waals surface area contributed by atoms with E-state index < -0.39 is 0 Å². The van der Waals surface area contributed by atoms with Gasteiger partial charge in [0.2, 0.25) is 0 Å². The van der Waals surface area contributed by atoms with Crippen LogP contribution in [0.25, 0.3) is 0 Å². The SMILES string of the molecule is C=CCNCCCOc1ccc(Cl)cc1. The average Bonchev–Trinajstić information content (AvgIpc) is 2.26. The highest BCUT2D eigenvalue weighted by atomic mass is 35.5. The maximum Gasteiger partial charge on any atom is 0.119 e. The van der Waals surface area contributed by atoms with E-state index >= 15 is 0 Å². The fraction of sp³-hybridized carbons (Fsp3) is 0.333. The van der Waals surface area contributed by atoms with Crippen LogP contribution in [-0.4, -0.2) is 19.7 Å². The summed E-state index contributed by atoms with van der Waals surface area (Å²) in [5, 5.41) is 3.94. The fourth-order valence-electron chi connectivity index (χ4n) is 1.12. The maximum absolute atomic E-state index is 5.76. The first-order chi connectivity index (χ1) is 7.33. The van der Waals surface area contributed by atoms with E-state index in [1.54, 1.807) is 0 Å². The summed E-state index contributed by atoms with van der Waals surface area (Å²) in [7, 11) is 0. The minimum absolute atomic E-state index is 0.714. The van der Waals surface area contributed by atoms with E-state index in [9.17, 15) is 0 Å². The molecule has 15 heavy (non-hydrogen) atoms. The van der Waals surface area contributed by atoms with Gasteiger partial charge in [-0.1, -0.05) is 17.7 Å². The highest BCUT2D eigenvalue weighted by Crippen LogP contribution is 2.15. The predicted octanol–water partition coefficient (Wildman–Crippen LogP) is 2.88. The molecule has 0 unspecified atom stereocenters. The lowest BCUT2D eigenvalue weighted by Gasteiger charge is -2.06. The topological polar surface area (TPSA) is 21.3 Å². The predicted molar refractivity (Wildman–Crippen MR) is 64.6 cm³/mol. The van der Waals surface area contributed by atoms with Crippen LogP contribution in [0.4, 0.5) is 0 Å². The molecule has 82 valence electrons. The van der Waals surface area contributed by atoms with Crippen LogP contribution in [0.3, 0.4) is 0 Å². The maximum atomic E-state index is 5.76. The third kappa shape index (κ3) is 5.45. The Bertz CT molecular complexity index is 284. The molecule has 0 saturated carbocycles. The van der Waals surface area contributed by atoms with Crippen LogP contribution in [0.15, 0.2) is 36.9 Å². The second-order valence-corrected chi connectivity index (χ2v) is 3.59. The van der Waals surface area contributed by atoms with Crippen LogP contribution in [0.1, 0.15) is 6.42 Å². The van der Waals surface area contributed by atoms with Gasteiger partial charge >= 0.3 is 0 Å². The van der Waals surface area contributed by atoms with Gasteiger partial charge in [0.1, 0.15) is 5.75 Å². The average molecular weight is 226 g/mol. The van der Waals surface area contributed by atoms with Crippen LogP contribution in [-0.2, 0) is 0 Å². The number of hydrogen-bond donors (Lipinski definition) is 1. The Labute approximate surface area is 95.9 Å². The molecular weight excluding hydrogens is 210 g/mol. The Balaban J connectivity index is 2.09. The van der Waals surface area contributed by atoms with Crippen LogP contribution in [0.2, 0.25) is 5.02 Å². The smallest absolute Gasteiger partial charge is 0.119 e. The number of benzene rings is 1. The monoisotopic (exact) mass is 225 g/mol. The summed E-state index contributed by atoms with van der Waals surface area (Å²) in [6, 6.07) is 7.40. The van der Waals surface area contributed by atoms with Gasteiger partial charge in [0.05, 0.1) is 6.61 Å². The van der Waals surface area contributed by atoms with Gasteiger partial charge < -0.3 is 10.1 Å². The summed E-state index contributed by atoms with van der Waals surface area (Å²) in [6.07, 6.45) is 2.83. The first kappa shape index (κ1) is 12.1. The van der Waals surface area contributed by atoms with Crippen molar-refractivity contribution in [1.82, 2.24) is 5.32 Å². The van der Waals surface area contributed by atoms with Crippen LogP contribution < -0.4 is 10.1 Å². The molecule has 0 amide bonds. The quantitative estimate of drug-likeness (QED) is 0.569. The van der Waals surface area contributed by atoms with Crippen molar-refractivity contribution in [3.05, 3.63) is 41.9 Å². The van der Waals surface area contributed by atoms with E-state index in [4.69, 9.17) is 16.3 Å². The molecule has 0 aliphatic heterocycles. The molecule has 0 spiro atoms. The third-order valence-corrected chi connectivity index (χ3v) is 2.12. The van der Waals surface area contributed by atoms with E-state index in [-0.39, 0.29) is 0 Å². The molecule has 1 N–H and O–H groups in total. The number of nitrogens with one attached hydrogen (secondary N) is 1. The summed E-state index contributed by atoms with van der Waals surface area (Å²) in [4.78, 5) is 0. The standard InChI is InChI=1S/C12H16ClNO/c1-2-8-14-9-3-10-15-12-6-4-11(13)5-7-12/h2,4-7,14H,1,3,8-10H2. The lowest BCUT2D eigenvalue weighted by atomic mass is 10.3. The first-order valence-electron chi connectivity index (χ1n) is 5.03. The van der Waals surface area contributed by atoms with Gasteiger partial charge in [-0.2, -0.15) is 0 Å². The summed E-state index contributed by atoms with van der Waals surface area (Å²) in [5.74, 6) is 0.864. The highest BCUT2D eigenvalue weighted by molar-refractivity contribution is 6.30. The van der Waals surface area contributed by atoms with E-state index in [1.807, 2.05) is 30.3 Å². The van der Waals surface area contributed by atoms with E-state index in [0.29, 0.717) is 6.61 Å². The summed E-state index contributed by atoms with van der Waals surface area (Å²) >= 11 is 5.76. The second kappa shape index (κ2) is 7.32. The zero-order chi connectivity index (χ0) is 10.9. The largest absolute Gasteiger partial charge is 0.494 e. The molecule has 1 aromatic carbocycles. The molecule has 2 nitrogen and oxygen atoms in total. The van der Waals surface area contributed by atoms with Gasteiger partial charge in [0, 0.05) is 11.6 Å². The number of halogens is 1. The van der Waals surface area contributed by atoms with Crippen molar-refractivity contribution in [2.45, 2.75) is 6.42 Å². The molecule has 3 heteroatoms. The lowest BCUT2D eigenvalue weighted by molar-refractivity contribution is 0.309. The highest BCUT2D eigenvalue weighted by Gasteiger charge is 1.93. The third-order valence-electron chi connectivity index (χ3n) is 1.87. The molecule has 0 aliphatic carbocycles. The van der Waals surface area contributed by atoms with Gasteiger partial charge in [-0.3, -0.25) is 0 Å². The Morgan fingerprint density at radius 2 is 2.07 bits per heavy atom. The molecule has 0 aromatic heterocycles.